The molecule has 0 atom stereocenters. The minimum Gasteiger partial charge on any atom is -0.318 e. The van der Waals surface area contributed by atoms with Crippen LogP contribution in [0.4, 0.5) is 0 Å². The topological polar surface area (TPSA) is 54.3 Å². The zero-order valence-corrected chi connectivity index (χ0v) is 17.6. The lowest BCUT2D eigenvalue weighted by Gasteiger charge is -2.27. The van der Waals surface area contributed by atoms with Crippen LogP contribution in [0, 0.1) is 13.8 Å². The van der Waals surface area contributed by atoms with Gasteiger partial charge in [-0.2, -0.15) is 0 Å². The number of nitrogens with zero attached hydrogens (tertiary/aromatic N) is 2. The molecule has 30 heavy (non-hydrogen) atoms. The van der Waals surface area contributed by atoms with Crippen molar-refractivity contribution in [3.05, 3.63) is 83.7 Å². The van der Waals surface area contributed by atoms with Crippen LogP contribution < -0.4 is 5.32 Å². The number of carbonyl (C=O) groups excluding carboxylic acids is 2. The number of hydrogen-bond acceptors (Lipinski definition) is 3. The summed E-state index contributed by atoms with van der Waals surface area (Å²) in [7, 11) is 0. The summed E-state index contributed by atoms with van der Waals surface area (Å²) in [5.41, 5.74) is 3.85. The Morgan fingerprint density at radius 3 is 2.53 bits per heavy atom. The molecule has 150 valence electrons. The molecule has 1 fully saturated rings. The monoisotopic (exact) mass is 415 g/mol. The molecule has 4 rings (SSSR count). The summed E-state index contributed by atoms with van der Waals surface area (Å²) in [6.45, 7) is 7.87. The van der Waals surface area contributed by atoms with Crippen LogP contribution in [0.25, 0.3) is 22.5 Å². The molecule has 6 heteroatoms. The second kappa shape index (κ2) is 7.72. The average molecular weight is 416 g/mol. The number of fused-ring (bicyclic) bond motifs is 1. The molecule has 0 spiro atoms. The number of hydrogen-bond donors (Lipinski definition) is 1. The van der Waals surface area contributed by atoms with E-state index in [2.05, 4.69) is 46.8 Å². The Balaban J connectivity index is 1.77. The molecule has 0 radical (unpaired) electrons. The Kier molecular flexibility index (Phi) is 5.10. The van der Waals surface area contributed by atoms with E-state index in [0.29, 0.717) is 0 Å². The second-order valence-electron chi connectivity index (χ2n) is 7.22. The summed E-state index contributed by atoms with van der Waals surface area (Å²) < 4.78 is 2.12. The molecule has 3 aromatic rings. The fourth-order valence-corrected chi connectivity index (χ4v) is 4.04. The zero-order valence-electron chi connectivity index (χ0n) is 16.8. The third-order valence-electron chi connectivity index (χ3n) is 5.26. The predicted octanol–water partition coefficient (Wildman–Crippen LogP) is 4.06. The first kappa shape index (κ1) is 19.8. The van der Waals surface area contributed by atoms with Crippen LogP contribution in [0.15, 0.2) is 66.8 Å². The van der Waals surface area contributed by atoms with Crippen molar-refractivity contribution in [1.82, 2.24) is 14.8 Å². The lowest BCUT2D eigenvalue weighted by Crippen LogP contribution is -2.53. The number of amides is 2. The molecule has 0 saturated carbocycles. The molecule has 1 aliphatic rings. The van der Waals surface area contributed by atoms with Gasteiger partial charge in [-0.1, -0.05) is 36.4 Å². The standard InChI is InChI=1S/C24H21N3O2S/c1-4-11-26-23(29)21(22(28)25-24(26)30)14-19-12-15(2)27(16(19)3)20-10-9-17-7-5-6-8-18(17)13-20/h4-10,12-14H,1,11H2,2-3H3,(H,25,28,30). The molecular formula is C24H21N3O2S. The number of rotatable bonds is 4. The number of aryl methyl sites for hydroxylation is 1. The van der Waals surface area contributed by atoms with Gasteiger partial charge in [0.05, 0.1) is 0 Å². The molecule has 2 amide bonds. The van der Waals surface area contributed by atoms with E-state index in [1.807, 2.05) is 32.0 Å². The van der Waals surface area contributed by atoms with Gasteiger partial charge in [-0.15, -0.1) is 6.58 Å². The van der Waals surface area contributed by atoms with E-state index in [0.717, 1.165) is 28.0 Å². The predicted molar refractivity (Wildman–Crippen MR) is 123 cm³/mol. The summed E-state index contributed by atoms with van der Waals surface area (Å²) in [5, 5.41) is 5.01. The van der Waals surface area contributed by atoms with Crippen molar-refractivity contribution in [2.24, 2.45) is 0 Å². The maximum Gasteiger partial charge on any atom is 0.265 e. The van der Waals surface area contributed by atoms with Gasteiger partial charge in [0.15, 0.2) is 5.11 Å². The first-order valence-electron chi connectivity index (χ1n) is 9.58. The van der Waals surface area contributed by atoms with Gasteiger partial charge in [0.1, 0.15) is 5.57 Å². The van der Waals surface area contributed by atoms with Crippen molar-refractivity contribution < 1.29 is 9.59 Å². The minimum atomic E-state index is -0.485. The van der Waals surface area contributed by atoms with Gasteiger partial charge in [0, 0.05) is 23.6 Å². The Morgan fingerprint density at radius 1 is 1.07 bits per heavy atom. The quantitative estimate of drug-likeness (QED) is 0.303. The number of aromatic nitrogens is 1. The van der Waals surface area contributed by atoms with E-state index < -0.39 is 11.8 Å². The zero-order chi connectivity index (χ0) is 21.4. The lowest BCUT2D eigenvalue weighted by atomic mass is 10.1. The Labute approximate surface area is 180 Å². The Hall–Kier alpha value is -3.51. The van der Waals surface area contributed by atoms with Gasteiger partial charge < -0.3 is 4.57 Å². The molecule has 2 heterocycles. The van der Waals surface area contributed by atoms with Gasteiger partial charge in [-0.3, -0.25) is 19.8 Å². The highest BCUT2D eigenvalue weighted by molar-refractivity contribution is 7.80. The molecule has 0 aliphatic carbocycles. The van der Waals surface area contributed by atoms with Crippen LogP contribution in [0.5, 0.6) is 0 Å². The fourth-order valence-electron chi connectivity index (χ4n) is 3.79. The molecule has 1 saturated heterocycles. The summed E-state index contributed by atoms with van der Waals surface area (Å²) in [6.07, 6.45) is 3.21. The molecular weight excluding hydrogens is 394 g/mol. The van der Waals surface area contributed by atoms with Crippen molar-refractivity contribution in [1.29, 1.82) is 0 Å². The summed E-state index contributed by atoms with van der Waals surface area (Å²) in [6, 6.07) is 16.5. The number of nitrogens with one attached hydrogen (secondary N) is 1. The highest BCUT2D eigenvalue weighted by Gasteiger charge is 2.32. The van der Waals surface area contributed by atoms with Crippen molar-refractivity contribution in [2.45, 2.75) is 13.8 Å². The van der Waals surface area contributed by atoms with Crippen LogP contribution in [-0.2, 0) is 9.59 Å². The van der Waals surface area contributed by atoms with Crippen LogP contribution >= 0.6 is 12.2 Å². The first-order valence-corrected chi connectivity index (χ1v) is 9.99. The van der Waals surface area contributed by atoms with Gasteiger partial charge >= 0.3 is 0 Å². The van der Waals surface area contributed by atoms with Crippen LogP contribution in [0.3, 0.4) is 0 Å². The number of thiocarbonyl (C=S) groups is 1. The fraction of sp³-hybridized carbons (Fsp3) is 0.125. The number of benzene rings is 2. The van der Waals surface area contributed by atoms with E-state index in [1.54, 1.807) is 12.2 Å². The molecule has 0 bridgehead atoms. The average Bonchev–Trinajstić information content (AvgIpc) is 3.01. The van der Waals surface area contributed by atoms with Gasteiger partial charge in [-0.25, -0.2) is 0 Å². The largest absolute Gasteiger partial charge is 0.318 e. The van der Waals surface area contributed by atoms with E-state index in [-0.39, 0.29) is 17.2 Å². The molecule has 1 aliphatic heterocycles. The maximum atomic E-state index is 12.8. The van der Waals surface area contributed by atoms with Crippen molar-refractivity contribution in [3.8, 4) is 5.69 Å². The van der Waals surface area contributed by atoms with E-state index >= 15 is 0 Å². The second-order valence-corrected chi connectivity index (χ2v) is 7.60. The lowest BCUT2D eigenvalue weighted by molar-refractivity contribution is -0.128. The number of carbonyl (C=O) groups is 2. The van der Waals surface area contributed by atoms with Gasteiger partial charge in [0.2, 0.25) is 0 Å². The maximum absolute atomic E-state index is 12.8. The molecule has 1 N–H and O–H groups in total. The van der Waals surface area contributed by atoms with E-state index in [4.69, 9.17) is 12.2 Å². The van der Waals surface area contributed by atoms with Gasteiger partial charge in [-0.05, 0) is 66.7 Å². The van der Waals surface area contributed by atoms with Crippen LogP contribution in [0.2, 0.25) is 0 Å². The molecule has 5 nitrogen and oxygen atoms in total. The highest BCUT2D eigenvalue weighted by Crippen LogP contribution is 2.26. The van der Waals surface area contributed by atoms with Crippen molar-refractivity contribution >= 4 is 46.0 Å². The SMILES string of the molecule is C=CCN1C(=O)C(=Cc2cc(C)n(-c3ccc4ccccc4c3)c2C)C(=O)NC1=S. The first-order chi connectivity index (χ1) is 14.4. The molecule has 1 aromatic heterocycles. The van der Waals surface area contributed by atoms with Crippen molar-refractivity contribution in [3.63, 3.8) is 0 Å². The smallest absolute Gasteiger partial charge is 0.265 e. The molecule has 0 unspecified atom stereocenters. The minimum absolute atomic E-state index is 0.0595. The van der Waals surface area contributed by atoms with E-state index in [9.17, 15) is 9.59 Å². The third kappa shape index (κ3) is 3.35. The summed E-state index contributed by atoms with van der Waals surface area (Å²) in [4.78, 5) is 26.6. The normalized spacial score (nSPS) is 15.7. The van der Waals surface area contributed by atoms with Crippen molar-refractivity contribution in [2.75, 3.05) is 6.54 Å². The van der Waals surface area contributed by atoms with Gasteiger partial charge in [0.25, 0.3) is 11.8 Å². The molecule has 2 aromatic carbocycles. The Bertz CT molecular complexity index is 1250. The third-order valence-corrected chi connectivity index (χ3v) is 5.58. The van der Waals surface area contributed by atoms with E-state index in [1.165, 1.54) is 10.3 Å². The van der Waals surface area contributed by atoms with Crippen LogP contribution in [-0.4, -0.2) is 32.9 Å². The van der Waals surface area contributed by atoms with Crippen LogP contribution in [0.1, 0.15) is 17.0 Å². The summed E-state index contributed by atoms with van der Waals surface area (Å²) in [5.74, 6) is -0.903. The Morgan fingerprint density at radius 2 is 1.80 bits per heavy atom. The highest BCUT2D eigenvalue weighted by atomic mass is 32.1. The summed E-state index contributed by atoms with van der Waals surface area (Å²) >= 11 is 5.11.